The lowest BCUT2D eigenvalue weighted by molar-refractivity contribution is -0.148. The first-order valence-electron chi connectivity index (χ1n) is 3.71. The molecule has 2 amide bonds. The molecule has 0 aromatic rings. The Balaban J connectivity index is 2.58. The van der Waals surface area contributed by atoms with Gasteiger partial charge in [-0.2, -0.15) is 0 Å². The molecular formula is C7H10N2O3. The molecule has 1 aliphatic heterocycles. The van der Waals surface area contributed by atoms with Crippen LogP contribution in [-0.2, 0) is 14.4 Å². The SMILES string of the molecule is NC(=O)CN1CCCC(=O)C1=O. The summed E-state index contributed by atoms with van der Waals surface area (Å²) in [6.07, 6.45) is 0.909. The molecule has 12 heavy (non-hydrogen) atoms. The van der Waals surface area contributed by atoms with E-state index in [1.807, 2.05) is 0 Å². The van der Waals surface area contributed by atoms with Crippen molar-refractivity contribution in [2.75, 3.05) is 13.1 Å². The summed E-state index contributed by atoms with van der Waals surface area (Å²) in [6, 6.07) is 0. The Hall–Kier alpha value is -1.39. The third kappa shape index (κ3) is 1.81. The van der Waals surface area contributed by atoms with Crippen molar-refractivity contribution in [1.82, 2.24) is 4.90 Å². The first-order valence-corrected chi connectivity index (χ1v) is 3.71. The number of likely N-dealkylation sites (tertiary alicyclic amines) is 1. The lowest BCUT2D eigenvalue weighted by Crippen LogP contribution is -2.45. The molecule has 0 aromatic heterocycles. The van der Waals surface area contributed by atoms with Gasteiger partial charge >= 0.3 is 0 Å². The van der Waals surface area contributed by atoms with E-state index < -0.39 is 17.6 Å². The Bertz CT molecular complexity index is 237. The van der Waals surface area contributed by atoms with Gasteiger partial charge in [-0.25, -0.2) is 0 Å². The number of nitrogens with zero attached hydrogens (tertiary/aromatic N) is 1. The molecule has 5 heteroatoms. The van der Waals surface area contributed by atoms with Crippen molar-refractivity contribution in [3.05, 3.63) is 0 Å². The smallest absolute Gasteiger partial charge is 0.290 e. The topological polar surface area (TPSA) is 80.5 Å². The quantitative estimate of drug-likeness (QED) is 0.521. The van der Waals surface area contributed by atoms with Crippen LogP contribution in [0, 0.1) is 0 Å². The number of Topliss-reactive ketones (excluding diaryl/α,β-unsaturated/α-hetero) is 1. The molecule has 1 fully saturated rings. The molecule has 1 rings (SSSR count). The fraction of sp³-hybridized carbons (Fsp3) is 0.571. The Labute approximate surface area is 69.5 Å². The van der Waals surface area contributed by atoms with Gasteiger partial charge in [0.05, 0.1) is 6.54 Å². The molecule has 0 atom stereocenters. The maximum atomic E-state index is 11.0. The van der Waals surface area contributed by atoms with Crippen LogP contribution >= 0.6 is 0 Å². The molecule has 0 saturated carbocycles. The zero-order valence-electron chi connectivity index (χ0n) is 6.58. The zero-order chi connectivity index (χ0) is 9.14. The molecule has 5 nitrogen and oxygen atoms in total. The zero-order valence-corrected chi connectivity index (χ0v) is 6.58. The van der Waals surface area contributed by atoms with E-state index in [9.17, 15) is 14.4 Å². The second kappa shape index (κ2) is 3.34. The van der Waals surface area contributed by atoms with Gasteiger partial charge in [-0.3, -0.25) is 14.4 Å². The molecular weight excluding hydrogens is 160 g/mol. The third-order valence-electron chi connectivity index (χ3n) is 1.70. The Kier molecular flexibility index (Phi) is 2.42. The summed E-state index contributed by atoms with van der Waals surface area (Å²) < 4.78 is 0. The van der Waals surface area contributed by atoms with Crippen molar-refractivity contribution in [2.45, 2.75) is 12.8 Å². The van der Waals surface area contributed by atoms with E-state index in [2.05, 4.69) is 0 Å². The predicted octanol–water partition coefficient (Wildman–Crippen LogP) is -1.34. The van der Waals surface area contributed by atoms with E-state index in [0.29, 0.717) is 13.0 Å². The highest BCUT2D eigenvalue weighted by Crippen LogP contribution is 2.06. The number of carbonyl (C=O) groups is 3. The maximum absolute atomic E-state index is 11.0. The lowest BCUT2D eigenvalue weighted by atomic mass is 10.1. The molecule has 1 saturated heterocycles. The van der Waals surface area contributed by atoms with Crippen LogP contribution in [0.5, 0.6) is 0 Å². The fourth-order valence-electron chi connectivity index (χ4n) is 1.15. The second-order valence-corrected chi connectivity index (χ2v) is 2.72. The minimum atomic E-state index is -0.585. The summed E-state index contributed by atoms with van der Waals surface area (Å²) in [5.41, 5.74) is 4.89. The standard InChI is InChI=1S/C7H10N2O3/c8-6(11)4-9-3-1-2-5(10)7(9)12/h1-4H2,(H2,8,11). The molecule has 0 bridgehead atoms. The normalized spacial score (nSPS) is 18.2. The summed E-state index contributed by atoms with van der Waals surface area (Å²) >= 11 is 0. The number of hydrogen-bond donors (Lipinski definition) is 1. The number of primary amides is 1. The minimum absolute atomic E-state index is 0.148. The van der Waals surface area contributed by atoms with Crippen LogP contribution in [0.4, 0.5) is 0 Å². The number of nitrogens with two attached hydrogens (primary N) is 1. The van der Waals surface area contributed by atoms with Crippen molar-refractivity contribution in [3.63, 3.8) is 0 Å². The van der Waals surface area contributed by atoms with Crippen LogP contribution in [-0.4, -0.2) is 35.6 Å². The molecule has 0 unspecified atom stereocenters. The average Bonchev–Trinajstić information content (AvgIpc) is 1.98. The molecule has 0 aliphatic carbocycles. The molecule has 0 radical (unpaired) electrons. The molecule has 1 heterocycles. The molecule has 1 aliphatic rings. The van der Waals surface area contributed by atoms with Gasteiger partial charge in [0.2, 0.25) is 11.7 Å². The summed E-state index contributed by atoms with van der Waals surface area (Å²) in [4.78, 5) is 33.5. The van der Waals surface area contributed by atoms with E-state index >= 15 is 0 Å². The third-order valence-corrected chi connectivity index (χ3v) is 1.70. The highest BCUT2D eigenvalue weighted by molar-refractivity contribution is 6.36. The first-order chi connectivity index (χ1) is 5.61. The fourth-order valence-corrected chi connectivity index (χ4v) is 1.15. The van der Waals surface area contributed by atoms with Crippen LogP contribution in [0.25, 0.3) is 0 Å². The van der Waals surface area contributed by atoms with E-state index in [-0.39, 0.29) is 13.0 Å². The van der Waals surface area contributed by atoms with Crippen LogP contribution in [0.15, 0.2) is 0 Å². The lowest BCUT2D eigenvalue weighted by Gasteiger charge is -2.23. The van der Waals surface area contributed by atoms with Crippen molar-refractivity contribution in [2.24, 2.45) is 5.73 Å². The average molecular weight is 170 g/mol. The van der Waals surface area contributed by atoms with Gasteiger partial charge in [-0.05, 0) is 6.42 Å². The Morgan fingerprint density at radius 3 is 2.75 bits per heavy atom. The maximum Gasteiger partial charge on any atom is 0.290 e. The summed E-state index contributed by atoms with van der Waals surface area (Å²) in [5, 5.41) is 0. The van der Waals surface area contributed by atoms with Crippen molar-refractivity contribution in [1.29, 1.82) is 0 Å². The highest BCUT2D eigenvalue weighted by atomic mass is 16.2. The van der Waals surface area contributed by atoms with Crippen molar-refractivity contribution in [3.8, 4) is 0 Å². The van der Waals surface area contributed by atoms with Crippen LogP contribution in [0.3, 0.4) is 0 Å². The number of rotatable bonds is 2. The van der Waals surface area contributed by atoms with Crippen molar-refractivity contribution < 1.29 is 14.4 Å². The van der Waals surface area contributed by atoms with Gasteiger partial charge in [-0.15, -0.1) is 0 Å². The predicted molar refractivity (Wildman–Crippen MR) is 40.0 cm³/mol. The molecule has 2 N–H and O–H groups in total. The van der Waals surface area contributed by atoms with E-state index in [1.54, 1.807) is 0 Å². The van der Waals surface area contributed by atoms with Gasteiger partial charge < -0.3 is 10.6 Å². The largest absolute Gasteiger partial charge is 0.368 e. The summed E-state index contributed by atoms with van der Waals surface area (Å²) in [7, 11) is 0. The minimum Gasteiger partial charge on any atom is -0.368 e. The van der Waals surface area contributed by atoms with Gasteiger partial charge in [0.25, 0.3) is 5.91 Å². The second-order valence-electron chi connectivity index (χ2n) is 2.72. The Morgan fingerprint density at radius 2 is 2.17 bits per heavy atom. The summed E-state index contributed by atoms with van der Waals surface area (Å²) in [6.45, 7) is 0.304. The monoisotopic (exact) mass is 170 g/mol. The molecule has 66 valence electrons. The highest BCUT2D eigenvalue weighted by Gasteiger charge is 2.26. The number of piperidine rings is 1. The van der Waals surface area contributed by atoms with E-state index in [0.717, 1.165) is 0 Å². The Morgan fingerprint density at radius 1 is 1.50 bits per heavy atom. The van der Waals surface area contributed by atoms with Gasteiger partial charge in [0, 0.05) is 13.0 Å². The first kappa shape index (κ1) is 8.70. The number of ketones is 1. The van der Waals surface area contributed by atoms with Crippen LogP contribution in [0.2, 0.25) is 0 Å². The van der Waals surface area contributed by atoms with Crippen LogP contribution in [0.1, 0.15) is 12.8 Å². The number of amides is 2. The van der Waals surface area contributed by atoms with E-state index in [1.165, 1.54) is 4.90 Å². The van der Waals surface area contributed by atoms with Crippen LogP contribution < -0.4 is 5.73 Å². The van der Waals surface area contributed by atoms with Gasteiger partial charge in [0.15, 0.2) is 0 Å². The number of hydrogen-bond acceptors (Lipinski definition) is 3. The van der Waals surface area contributed by atoms with Gasteiger partial charge in [0.1, 0.15) is 0 Å². The number of carbonyl (C=O) groups excluding carboxylic acids is 3. The molecule has 0 spiro atoms. The van der Waals surface area contributed by atoms with Crippen molar-refractivity contribution >= 4 is 17.6 Å². The summed E-state index contributed by atoms with van der Waals surface area (Å²) in [5.74, 6) is -1.60. The van der Waals surface area contributed by atoms with E-state index in [4.69, 9.17) is 5.73 Å². The van der Waals surface area contributed by atoms with Gasteiger partial charge in [-0.1, -0.05) is 0 Å². The molecule has 0 aromatic carbocycles.